The summed E-state index contributed by atoms with van der Waals surface area (Å²) in [6.07, 6.45) is -1.22. The molecule has 1 unspecified atom stereocenters. The molecule has 0 heterocycles. The van der Waals surface area contributed by atoms with Crippen LogP contribution in [0.2, 0.25) is 0 Å². The number of carbonyl (C=O) groups is 3. The predicted molar refractivity (Wildman–Crippen MR) is 125 cm³/mol. The highest BCUT2D eigenvalue weighted by molar-refractivity contribution is 6.31. The average Bonchev–Trinajstić information content (AvgIpc) is 2.85. The van der Waals surface area contributed by atoms with Gasteiger partial charge in [0, 0.05) is 23.8 Å². The number of benzene rings is 3. The van der Waals surface area contributed by atoms with E-state index in [1.807, 2.05) is 0 Å². The van der Waals surface area contributed by atoms with Crippen molar-refractivity contribution in [3.05, 3.63) is 76.9 Å². The Labute approximate surface area is 201 Å². The first-order chi connectivity index (χ1) is 16.8. The maximum absolute atomic E-state index is 13.1. The molecule has 0 aliphatic heterocycles. The van der Waals surface area contributed by atoms with Crippen molar-refractivity contribution in [2.45, 2.75) is 20.1 Å². The highest BCUT2D eigenvalue weighted by atomic mass is 16.7. The van der Waals surface area contributed by atoms with Crippen LogP contribution in [0.15, 0.2) is 54.6 Å². The van der Waals surface area contributed by atoms with Crippen molar-refractivity contribution in [2.75, 3.05) is 18.9 Å². The normalized spacial score (nSPS) is 13.0. The number of ketones is 2. The standard InChI is InChI=1S/C26H23NO8/c1-3-32-25(31)26(33-4-2)35-15-11-9-14(10-12-15)34-19-13-18(28)20-21(22(19)27)24(30)17-8-6-5-7-16(17)23(20)29/h5-13,26,28H,3-4,27H2,1-2H3. The highest BCUT2D eigenvalue weighted by Gasteiger charge is 2.35. The molecule has 3 N–H and O–H groups in total. The van der Waals surface area contributed by atoms with Gasteiger partial charge in [0.2, 0.25) is 0 Å². The van der Waals surface area contributed by atoms with E-state index >= 15 is 0 Å². The molecule has 1 aliphatic carbocycles. The third kappa shape index (κ3) is 4.53. The number of nitrogens with two attached hydrogens (primary N) is 1. The Morgan fingerprint density at radius 1 is 0.914 bits per heavy atom. The van der Waals surface area contributed by atoms with Gasteiger partial charge in [0.15, 0.2) is 17.3 Å². The second-order valence-corrected chi connectivity index (χ2v) is 7.49. The van der Waals surface area contributed by atoms with E-state index in [0.29, 0.717) is 11.5 Å². The molecule has 35 heavy (non-hydrogen) atoms. The number of ether oxygens (including phenoxy) is 4. The molecule has 0 spiro atoms. The summed E-state index contributed by atoms with van der Waals surface area (Å²) in [5.41, 5.74) is 6.32. The number of carbonyl (C=O) groups excluding carboxylic acids is 3. The minimum absolute atomic E-state index is 0.00849. The van der Waals surface area contributed by atoms with Gasteiger partial charge < -0.3 is 29.8 Å². The summed E-state index contributed by atoms with van der Waals surface area (Å²) in [5.74, 6) is -1.38. The number of rotatable bonds is 8. The first kappa shape index (κ1) is 23.8. The molecule has 180 valence electrons. The van der Waals surface area contributed by atoms with Gasteiger partial charge in [-0.2, -0.15) is 0 Å². The number of aromatic hydroxyl groups is 1. The van der Waals surface area contributed by atoms with E-state index in [1.165, 1.54) is 18.2 Å². The van der Waals surface area contributed by atoms with Crippen LogP contribution in [0.3, 0.4) is 0 Å². The fourth-order valence-corrected chi connectivity index (χ4v) is 3.71. The van der Waals surface area contributed by atoms with Crippen LogP contribution in [-0.2, 0) is 14.3 Å². The summed E-state index contributed by atoms with van der Waals surface area (Å²) in [5, 5.41) is 10.6. The summed E-state index contributed by atoms with van der Waals surface area (Å²) in [6, 6.07) is 13.7. The molecular weight excluding hydrogens is 454 g/mol. The lowest BCUT2D eigenvalue weighted by molar-refractivity contribution is -0.176. The Hall–Kier alpha value is -4.37. The molecule has 0 saturated heterocycles. The molecule has 4 rings (SSSR count). The van der Waals surface area contributed by atoms with Crippen molar-refractivity contribution < 1.29 is 38.4 Å². The highest BCUT2D eigenvalue weighted by Crippen LogP contribution is 2.42. The Morgan fingerprint density at radius 3 is 2.11 bits per heavy atom. The molecule has 9 heteroatoms. The predicted octanol–water partition coefficient (Wildman–Crippen LogP) is 3.85. The van der Waals surface area contributed by atoms with Crippen molar-refractivity contribution in [3.63, 3.8) is 0 Å². The molecule has 3 aromatic rings. The maximum Gasteiger partial charge on any atom is 0.376 e. The molecule has 0 aromatic heterocycles. The van der Waals surface area contributed by atoms with Crippen LogP contribution in [0, 0.1) is 0 Å². The summed E-state index contributed by atoms with van der Waals surface area (Å²) < 4.78 is 21.6. The van der Waals surface area contributed by atoms with Crippen LogP contribution < -0.4 is 15.2 Å². The second-order valence-electron chi connectivity index (χ2n) is 7.49. The fraction of sp³-hybridized carbons (Fsp3) is 0.192. The van der Waals surface area contributed by atoms with Crippen LogP contribution in [0.25, 0.3) is 0 Å². The largest absolute Gasteiger partial charge is 0.507 e. The van der Waals surface area contributed by atoms with Gasteiger partial charge in [-0.3, -0.25) is 9.59 Å². The van der Waals surface area contributed by atoms with Crippen LogP contribution >= 0.6 is 0 Å². The zero-order valence-electron chi connectivity index (χ0n) is 19.1. The molecule has 0 fully saturated rings. The van der Waals surface area contributed by atoms with Crippen LogP contribution in [0.5, 0.6) is 23.0 Å². The number of fused-ring (bicyclic) bond motifs is 2. The number of hydrogen-bond donors (Lipinski definition) is 2. The van der Waals surface area contributed by atoms with Gasteiger partial charge in [-0.1, -0.05) is 24.3 Å². The summed E-state index contributed by atoms with van der Waals surface area (Å²) >= 11 is 0. The molecule has 0 radical (unpaired) electrons. The lowest BCUT2D eigenvalue weighted by Crippen LogP contribution is -2.32. The lowest BCUT2D eigenvalue weighted by atomic mass is 9.82. The van der Waals surface area contributed by atoms with E-state index in [-0.39, 0.29) is 46.9 Å². The Kier molecular flexibility index (Phi) is 6.70. The Bertz CT molecular complexity index is 1300. The van der Waals surface area contributed by atoms with E-state index in [1.54, 1.807) is 50.2 Å². The topological polar surface area (TPSA) is 134 Å². The zero-order valence-corrected chi connectivity index (χ0v) is 19.1. The van der Waals surface area contributed by atoms with Gasteiger partial charge in [0.1, 0.15) is 17.2 Å². The number of anilines is 1. The lowest BCUT2D eigenvalue weighted by Gasteiger charge is -2.21. The fourth-order valence-electron chi connectivity index (χ4n) is 3.71. The number of nitrogen functional groups attached to an aromatic ring is 1. The van der Waals surface area contributed by atoms with Gasteiger partial charge >= 0.3 is 5.97 Å². The second kappa shape index (κ2) is 9.86. The Balaban J connectivity index is 1.59. The molecule has 3 aromatic carbocycles. The summed E-state index contributed by atoms with van der Waals surface area (Å²) in [6.45, 7) is 3.84. The van der Waals surface area contributed by atoms with E-state index in [0.717, 1.165) is 0 Å². The molecular formula is C26H23NO8. The Morgan fingerprint density at radius 2 is 1.51 bits per heavy atom. The SMILES string of the molecule is CCOC(=O)C(OCC)Oc1ccc(Oc2cc(O)c3c(c2N)C(=O)c2ccccc2C3=O)cc1. The van der Waals surface area contributed by atoms with Gasteiger partial charge in [0.05, 0.1) is 23.4 Å². The molecule has 1 aliphatic rings. The number of phenols is 1. The van der Waals surface area contributed by atoms with Gasteiger partial charge in [-0.05, 0) is 38.1 Å². The van der Waals surface area contributed by atoms with Crippen molar-refractivity contribution in [2.24, 2.45) is 0 Å². The van der Waals surface area contributed by atoms with Crippen LogP contribution in [0.4, 0.5) is 5.69 Å². The molecule has 9 nitrogen and oxygen atoms in total. The third-order valence-electron chi connectivity index (χ3n) is 5.27. The monoisotopic (exact) mass is 477 g/mol. The van der Waals surface area contributed by atoms with E-state index in [4.69, 9.17) is 24.7 Å². The van der Waals surface area contributed by atoms with Crippen molar-refractivity contribution in [3.8, 4) is 23.0 Å². The van der Waals surface area contributed by atoms with Crippen LogP contribution in [0.1, 0.15) is 45.7 Å². The number of hydrogen-bond acceptors (Lipinski definition) is 9. The van der Waals surface area contributed by atoms with E-state index in [2.05, 4.69) is 0 Å². The number of phenolic OH excluding ortho intramolecular Hbond substituents is 1. The van der Waals surface area contributed by atoms with Crippen molar-refractivity contribution in [1.82, 2.24) is 0 Å². The minimum atomic E-state index is -1.22. The van der Waals surface area contributed by atoms with Crippen LogP contribution in [-0.4, -0.2) is 42.1 Å². The molecule has 1 atom stereocenters. The molecule has 0 amide bonds. The average molecular weight is 477 g/mol. The maximum atomic E-state index is 13.1. The summed E-state index contributed by atoms with van der Waals surface area (Å²) in [4.78, 5) is 37.9. The van der Waals surface area contributed by atoms with E-state index < -0.39 is 29.6 Å². The van der Waals surface area contributed by atoms with Gasteiger partial charge in [0.25, 0.3) is 6.29 Å². The van der Waals surface area contributed by atoms with Gasteiger partial charge in [-0.25, -0.2) is 4.79 Å². The smallest absolute Gasteiger partial charge is 0.376 e. The quantitative estimate of drug-likeness (QED) is 0.168. The van der Waals surface area contributed by atoms with Crippen molar-refractivity contribution in [1.29, 1.82) is 0 Å². The van der Waals surface area contributed by atoms with E-state index in [9.17, 15) is 19.5 Å². The summed E-state index contributed by atoms with van der Waals surface area (Å²) in [7, 11) is 0. The number of esters is 1. The zero-order chi connectivity index (χ0) is 25.1. The molecule has 0 saturated carbocycles. The van der Waals surface area contributed by atoms with Gasteiger partial charge in [-0.15, -0.1) is 0 Å². The molecule has 0 bridgehead atoms. The first-order valence-electron chi connectivity index (χ1n) is 10.9. The third-order valence-corrected chi connectivity index (χ3v) is 5.27. The van der Waals surface area contributed by atoms with Crippen molar-refractivity contribution >= 4 is 23.2 Å². The first-order valence-corrected chi connectivity index (χ1v) is 10.9. The minimum Gasteiger partial charge on any atom is -0.507 e.